The number of aliphatic hydroxyl groups is 2. The molecule has 0 aromatic carbocycles. The molecule has 0 aromatic rings. The summed E-state index contributed by atoms with van der Waals surface area (Å²) in [5.41, 5.74) is 0. The number of carbonyl (C=O) groups excluding carboxylic acids is 2. The molecule has 0 aliphatic carbocycles. The maximum atomic E-state index is 12.6. The van der Waals surface area contributed by atoms with Crippen molar-refractivity contribution in [3.63, 3.8) is 0 Å². The monoisotopic (exact) mass is 771 g/mol. The molecule has 0 aliphatic heterocycles. The van der Waals surface area contributed by atoms with Gasteiger partial charge in [0, 0.05) is 12.8 Å². The summed E-state index contributed by atoms with van der Waals surface area (Å²) >= 11 is 0. The van der Waals surface area contributed by atoms with E-state index in [0.29, 0.717) is 19.3 Å². The number of hydrogen-bond acceptors (Lipinski definition) is 9. The van der Waals surface area contributed by atoms with Crippen molar-refractivity contribution >= 4 is 19.8 Å². The van der Waals surface area contributed by atoms with Gasteiger partial charge in [-0.3, -0.25) is 18.6 Å². The molecule has 0 saturated carbocycles. The van der Waals surface area contributed by atoms with Gasteiger partial charge in [-0.15, -0.1) is 0 Å². The van der Waals surface area contributed by atoms with E-state index >= 15 is 0 Å². The van der Waals surface area contributed by atoms with Crippen molar-refractivity contribution in [2.45, 2.75) is 180 Å². The van der Waals surface area contributed by atoms with E-state index in [2.05, 4.69) is 60.9 Å². The predicted molar refractivity (Wildman–Crippen MR) is 214 cm³/mol. The quantitative estimate of drug-likeness (QED) is 0.0240. The standard InChI is InChI=1S/C42H75O10P/c1-3-5-7-9-11-13-15-17-18-19-20-22-24-26-28-30-32-34-42(46)52-40(38-51-53(47,48)50-36-39(44)35-43)37-49-41(45)33-31-29-27-25-23-21-16-14-12-10-8-6-4-2/h14,16-18,20,22,26,28,39-40,43-44H,3-13,15,19,21,23-25,27,29-38H2,1-2H3,(H,47,48)/b16-14-,18-17-,22-20-,28-26-/t39-,40+/m0/s1. The van der Waals surface area contributed by atoms with Gasteiger partial charge in [0.25, 0.3) is 0 Å². The van der Waals surface area contributed by atoms with Crippen LogP contribution in [0.4, 0.5) is 0 Å². The number of allylic oxidation sites excluding steroid dienone is 8. The van der Waals surface area contributed by atoms with E-state index in [1.807, 2.05) is 6.08 Å². The minimum Gasteiger partial charge on any atom is -0.462 e. The number of phosphoric ester groups is 1. The van der Waals surface area contributed by atoms with Gasteiger partial charge in [-0.1, -0.05) is 133 Å². The first-order valence-electron chi connectivity index (χ1n) is 20.6. The highest BCUT2D eigenvalue weighted by Gasteiger charge is 2.27. The Kier molecular flexibility index (Phi) is 36.7. The normalized spacial score (nSPS) is 14.4. The largest absolute Gasteiger partial charge is 0.472 e. The number of phosphoric acid groups is 1. The molecule has 0 bridgehead atoms. The summed E-state index contributed by atoms with van der Waals surface area (Å²) in [7, 11) is -4.63. The molecule has 1 unspecified atom stereocenters. The van der Waals surface area contributed by atoms with Crippen molar-refractivity contribution in [2.24, 2.45) is 0 Å². The minimum atomic E-state index is -4.63. The van der Waals surface area contributed by atoms with Crippen LogP contribution < -0.4 is 0 Å². The molecule has 3 N–H and O–H groups in total. The highest BCUT2D eigenvalue weighted by molar-refractivity contribution is 7.47. The van der Waals surface area contributed by atoms with Gasteiger partial charge in [0.15, 0.2) is 6.10 Å². The van der Waals surface area contributed by atoms with Crippen molar-refractivity contribution in [3.05, 3.63) is 48.6 Å². The molecule has 0 amide bonds. The number of unbranched alkanes of at least 4 members (excludes halogenated alkanes) is 16. The van der Waals surface area contributed by atoms with Crippen LogP contribution in [0, 0.1) is 0 Å². The average Bonchev–Trinajstić information content (AvgIpc) is 3.14. The molecule has 0 rings (SSSR count). The minimum absolute atomic E-state index is 0.110. The Hall–Kier alpha value is -2.07. The van der Waals surface area contributed by atoms with Gasteiger partial charge in [0.05, 0.1) is 19.8 Å². The predicted octanol–water partition coefficient (Wildman–Crippen LogP) is 10.6. The molecule has 0 saturated heterocycles. The van der Waals surface area contributed by atoms with Gasteiger partial charge < -0.3 is 24.6 Å². The fourth-order valence-electron chi connectivity index (χ4n) is 5.24. The molecule has 3 atom stereocenters. The molecule has 53 heavy (non-hydrogen) atoms. The Balaban J connectivity index is 4.44. The molecule has 0 aromatic heterocycles. The maximum Gasteiger partial charge on any atom is 0.472 e. The van der Waals surface area contributed by atoms with Crippen LogP contribution >= 0.6 is 7.82 Å². The van der Waals surface area contributed by atoms with E-state index in [9.17, 15) is 24.2 Å². The molecule has 10 nitrogen and oxygen atoms in total. The Bertz CT molecular complexity index is 1030. The highest BCUT2D eigenvalue weighted by atomic mass is 31.2. The fourth-order valence-corrected chi connectivity index (χ4v) is 6.03. The smallest absolute Gasteiger partial charge is 0.462 e. The summed E-state index contributed by atoms with van der Waals surface area (Å²) < 4.78 is 32.6. The highest BCUT2D eigenvalue weighted by Crippen LogP contribution is 2.43. The molecule has 0 radical (unpaired) electrons. The van der Waals surface area contributed by atoms with Crippen LogP contribution in [0.25, 0.3) is 0 Å². The topological polar surface area (TPSA) is 149 Å². The van der Waals surface area contributed by atoms with Crippen LogP contribution in [0.2, 0.25) is 0 Å². The zero-order valence-electron chi connectivity index (χ0n) is 33.2. The summed E-state index contributed by atoms with van der Waals surface area (Å²) in [6, 6.07) is 0. The molecular weight excluding hydrogens is 695 g/mol. The van der Waals surface area contributed by atoms with Gasteiger partial charge in [-0.05, 0) is 70.6 Å². The summed E-state index contributed by atoms with van der Waals surface area (Å²) in [6.45, 7) is 2.28. The summed E-state index contributed by atoms with van der Waals surface area (Å²) in [6.07, 6.45) is 39.4. The van der Waals surface area contributed by atoms with Gasteiger partial charge in [-0.2, -0.15) is 0 Å². The van der Waals surface area contributed by atoms with E-state index in [0.717, 1.165) is 57.8 Å². The SMILES string of the molecule is CCCCCC/C=C\CCCCCCCC(=O)OC[C@H](COP(=O)(O)OC[C@@H](O)CO)OC(=O)CCC/C=C\C/C=C\C/C=C\CCCCCCCC. The molecule has 308 valence electrons. The van der Waals surface area contributed by atoms with E-state index in [1.165, 1.54) is 64.2 Å². The Labute approximate surface area is 322 Å². The molecule has 0 heterocycles. The van der Waals surface area contributed by atoms with Crippen LogP contribution in [0.5, 0.6) is 0 Å². The van der Waals surface area contributed by atoms with E-state index in [-0.39, 0.29) is 19.4 Å². The zero-order valence-corrected chi connectivity index (χ0v) is 34.1. The van der Waals surface area contributed by atoms with Gasteiger partial charge in [-0.25, -0.2) is 4.57 Å². The third-order valence-electron chi connectivity index (χ3n) is 8.46. The lowest BCUT2D eigenvalue weighted by Gasteiger charge is -2.20. The number of esters is 2. The number of ether oxygens (including phenoxy) is 2. The second-order valence-electron chi connectivity index (χ2n) is 13.7. The first-order chi connectivity index (χ1) is 25.7. The Morgan fingerprint density at radius 2 is 1.00 bits per heavy atom. The summed E-state index contributed by atoms with van der Waals surface area (Å²) in [5, 5.41) is 18.3. The molecule has 0 spiro atoms. The van der Waals surface area contributed by atoms with Crippen LogP contribution in [-0.2, 0) is 32.7 Å². The fraction of sp³-hybridized carbons (Fsp3) is 0.762. The first-order valence-corrected chi connectivity index (χ1v) is 22.1. The van der Waals surface area contributed by atoms with Gasteiger partial charge in [0.2, 0.25) is 0 Å². The number of rotatable bonds is 38. The Morgan fingerprint density at radius 3 is 1.57 bits per heavy atom. The Morgan fingerprint density at radius 1 is 0.566 bits per heavy atom. The second-order valence-corrected chi connectivity index (χ2v) is 15.1. The average molecular weight is 771 g/mol. The zero-order chi connectivity index (χ0) is 39.1. The third kappa shape index (κ3) is 38.0. The molecular formula is C42H75O10P. The van der Waals surface area contributed by atoms with Crippen molar-refractivity contribution in [1.29, 1.82) is 0 Å². The van der Waals surface area contributed by atoms with Crippen molar-refractivity contribution in [1.82, 2.24) is 0 Å². The summed E-state index contributed by atoms with van der Waals surface area (Å²) in [4.78, 5) is 34.9. The van der Waals surface area contributed by atoms with Crippen LogP contribution in [-0.4, -0.2) is 65.7 Å². The molecule has 0 aliphatic rings. The van der Waals surface area contributed by atoms with Crippen LogP contribution in [0.3, 0.4) is 0 Å². The lowest BCUT2D eigenvalue weighted by atomic mass is 10.1. The van der Waals surface area contributed by atoms with Crippen molar-refractivity contribution in [2.75, 3.05) is 26.4 Å². The summed E-state index contributed by atoms with van der Waals surface area (Å²) in [5.74, 6) is -0.999. The number of hydrogen-bond donors (Lipinski definition) is 3. The van der Waals surface area contributed by atoms with Crippen molar-refractivity contribution in [3.8, 4) is 0 Å². The number of aliphatic hydroxyl groups excluding tert-OH is 2. The van der Waals surface area contributed by atoms with Crippen LogP contribution in [0.1, 0.15) is 168 Å². The van der Waals surface area contributed by atoms with Crippen molar-refractivity contribution < 1.29 is 47.8 Å². The number of carbonyl (C=O) groups is 2. The molecule has 11 heteroatoms. The lowest BCUT2D eigenvalue weighted by molar-refractivity contribution is -0.161. The lowest BCUT2D eigenvalue weighted by Crippen LogP contribution is -2.29. The maximum absolute atomic E-state index is 12.6. The van der Waals surface area contributed by atoms with E-state index in [4.69, 9.17) is 19.1 Å². The second kappa shape index (κ2) is 38.2. The molecule has 0 fully saturated rings. The van der Waals surface area contributed by atoms with E-state index < -0.39 is 51.8 Å². The van der Waals surface area contributed by atoms with E-state index in [1.54, 1.807) is 0 Å². The third-order valence-corrected chi connectivity index (χ3v) is 9.41. The van der Waals surface area contributed by atoms with Crippen LogP contribution in [0.15, 0.2) is 48.6 Å². The first kappa shape index (κ1) is 50.9. The van der Waals surface area contributed by atoms with Gasteiger partial charge in [0.1, 0.15) is 12.7 Å². The van der Waals surface area contributed by atoms with Gasteiger partial charge >= 0.3 is 19.8 Å².